The van der Waals surface area contributed by atoms with Crippen molar-refractivity contribution in [2.24, 2.45) is 28.8 Å². The molecule has 2 aromatic carbocycles. The third-order valence-electron chi connectivity index (χ3n) is 16.5. The molecule has 1 unspecified atom stereocenters. The minimum atomic E-state index is -5.51. The summed E-state index contributed by atoms with van der Waals surface area (Å²) in [4.78, 5) is 137. The van der Waals surface area contributed by atoms with E-state index in [9.17, 15) is 83.2 Å². The zero-order valence-corrected chi connectivity index (χ0v) is 54.8. The molecule has 5 heterocycles. The lowest BCUT2D eigenvalue weighted by Crippen LogP contribution is -2.46. The molecule has 32 heteroatoms. The molecule has 0 spiro atoms. The average molecular weight is 1340 g/mol. The number of Topliss-reactive ketones (excluding diaryl/α,β-unsaturated/α-hetero) is 1. The van der Waals surface area contributed by atoms with Crippen LogP contribution in [-0.4, -0.2) is 202 Å². The van der Waals surface area contributed by atoms with Gasteiger partial charge in [0.1, 0.15) is 30.0 Å². The number of nitrogens with zero attached hydrogens (tertiary/aromatic N) is 4. The first-order chi connectivity index (χ1) is 43.8. The van der Waals surface area contributed by atoms with Gasteiger partial charge in [-0.15, -0.1) is 0 Å². The normalized spacial score (nSPS) is 25.3. The predicted octanol–water partition coefficient (Wildman–Crippen LogP) is 3.35. The zero-order valence-electron chi connectivity index (χ0n) is 53.0. The number of pyridine rings is 1. The molecule has 12 N–H and O–H groups in total. The number of amides is 3. The number of rotatable bonds is 21. The first-order valence-corrected chi connectivity index (χ1v) is 32.8. The number of esters is 3. The van der Waals surface area contributed by atoms with Crippen LogP contribution < -0.4 is 20.7 Å². The molecule has 30 nitrogen and oxygen atoms in total. The van der Waals surface area contributed by atoms with E-state index in [4.69, 9.17) is 28.4 Å². The van der Waals surface area contributed by atoms with Crippen LogP contribution in [0, 0.1) is 30.6 Å². The standard InChI is InChI=1S/C61H83N7O23P2/c1-33-13-12-14-34(2)59(80)66-50-41(54(77)47-48(55(50)78)53(76)38(6)57-49(47)58(79)60(8,91-57)88-29-20-42(86-9)35(3)56(89-39(7)69)37(5)52(75)36(4)51(33)74)32-65-68-26-24-67(25-27-68)28-30-87-45(72)18-16-43(70)63-22-23-64-44(71)17-19-46(73)90-61(92(81)82,93(83,84)85)31-40-15-10-11-21-62-40/h10-15,20-21,29,32-33,35-37,42,51-52,56,74-78,81-82H,16-19,22-28,30-31H2,1-9H3,(H,63,70)(H,64,71)(H,66,80)(H2,83,84,85)/b13-12+,29-20+,34-14-,65-32+/t33-,35+,36+,37+,42-,51-,52+,56+,60-,61?/m0/s1. The fourth-order valence-electron chi connectivity index (χ4n) is 10.9. The number of piperazine rings is 1. The van der Waals surface area contributed by atoms with Crippen molar-refractivity contribution >= 4 is 80.1 Å². The number of carbonyl (C=O) groups is 7. The van der Waals surface area contributed by atoms with Gasteiger partial charge in [0.15, 0.2) is 5.75 Å². The summed E-state index contributed by atoms with van der Waals surface area (Å²) < 4.78 is 46.4. The lowest BCUT2D eigenvalue weighted by molar-refractivity contribution is -0.160. The van der Waals surface area contributed by atoms with Gasteiger partial charge in [0.2, 0.25) is 20.2 Å². The van der Waals surface area contributed by atoms with E-state index >= 15 is 0 Å². The van der Waals surface area contributed by atoms with Crippen molar-refractivity contribution in [1.29, 1.82) is 0 Å². The third kappa shape index (κ3) is 18.2. The molecule has 4 aliphatic heterocycles. The Balaban J connectivity index is 1.08. The fraction of sp³-hybridized carbons (Fsp3) is 0.525. The molecule has 1 saturated heterocycles. The summed E-state index contributed by atoms with van der Waals surface area (Å²) in [6.07, 6.45) is 2.98. The van der Waals surface area contributed by atoms with Gasteiger partial charge in [-0.1, -0.05) is 52.0 Å². The Hall–Kier alpha value is -7.63. The van der Waals surface area contributed by atoms with Crippen molar-refractivity contribution in [3.8, 4) is 23.0 Å². The maximum Gasteiger partial charge on any atom is 0.378 e. The predicted molar refractivity (Wildman–Crippen MR) is 335 cm³/mol. The summed E-state index contributed by atoms with van der Waals surface area (Å²) in [6.45, 7) is 13.7. The summed E-state index contributed by atoms with van der Waals surface area (Å²) in [5.74, 6) is -12.5. The Labute approximate surface area is 537 Å². The molecule has 5 bridgehead atoms. The maximum atomic E-state index is 14.7. The number of anilines is 1. The van der Waals surface area contributed by atoms with Gasteiger partial charge >= 0.3 is 31.3 Å². The molecule has 3 amide bonds. The molecule has 1 aromatic heterocycles. The molecule has 0 saturated carbocycles. The fourth-order valence-corrected chi connectivity index (χ4v) is 12.9. The molecule has 3 aromatic rings. The van der Waals surface area contributed by atoms with E-state index in [1.54, 1.807) is 38.8 Å². The second-order valence-corrected chi connectivity index (χ2v) is 26.6. The number of hydrogen-bond acceptors (Lipinski definition) is 25. The van der Waals surface area contributed by atoms with Crippen molar-refractivity contribution < 1.29 is 112 Å². The van der Waals surface area contributed by atoms with Crippen molar-refractivity contribution in [2.45, 2.75) is 123 Å². The summed E-state index contributed by atoms with van der Waals surface area (Å²) >= 11 is 0. The molecule has 0 radical (unpaired) electrons. The smallest absolute Gasteiger partial charge is 0.378 e. The second-order valence-electron chi connectivity index (χ2n) is 23.1. The number of aliphatic hydroxyl groups is 2. The summed E-state index contributed by atoms with van der Waals surface area (Å²) in [5.41, 5.74) is -0.864. The zero-order chi connectivity index (χ0) is 68.9. The number of phenols is 3. The number of ketones is 1. The van der Waals surface area contributed by atoms with Gasteiger partial charge in [-0.25, -0.2) is 0 Å². The highest BCUT2D eigenvalue weighted by Crippen LogP contribution is 2.67. The molecule has 7 rings (SSSR count). The van der Waals surface area contributed by atoms with Gasteiger partial charge in [0.25, 0.3) is 16.8 Å². The van der Waals surface area contributed by atoms with E-state index in [0.29, 0.717) is 32.7 Å². The first-order valence-electron chi connectivity index (χ1n) is 29.9. The van der Waals surface area contributed by atoms with Gasteiger partial charge in [-0.05, 0) is 32.1 Å². The number of aromatic hydroxyl groups is 3. The molecule has 10 atom stereocenters. The van der Waals surface area contributed by atoms with E-state index in [-0.39, 0.29) is 77.3 Å². The number of carbonyl (C=O) groups excluding carboxylic acids is 7. The summed E-state index contributed by atoms with van der Waals surface area (Å²) in [6, 6.07) is 4.32. The second kappa shape index (κ2) is 32.5. The number of fused-ring (bicyclic) bond motifs is 14. The lowest BCUT2D eigenvalue weighted by Gasteiger charge is -2.38. The van der Waals surface area contributed by atoms with Crippen LogP contribution in [-0.2, 0) is 63.4 Å². The van der Waals surface area contributed by atoms with Gasteiger partial charge in [0.05, 0.1) is 72.3 Å². The van der Waals surface area contributed by atoms with E-state index < -0.39 is 158 Å². The Morgan fingerprint density at radius 3 is 2.12 bits per heavy atom. The molecule has 510 valence electrons. The largest absolute Gasteiger partial charge is 0.507 e. The van der Waals surface area contributed by atoms with Crippen molar-refractivity contribution in [3.05, 3.63) is 82.9 Å². The monoisotopic (exact) mass is 1340 g/mol. The van der Waals surface area contributed by atoms with Crippen LogP contribution in [0.1, 0.15) is 101 Å². The van der Waals surface area contributed by atoms with Crippen LogP contribution in [0.25, 0.3) is 10.8 Å². The van der Waals surface area contributed by atoms with Crippen molar-refractivity contribution in [2.75, 3.05) is 64.8 Å². The van der Waals surface area contributed by atoms with Gasteiger partial charge in [-0.3, -0.25) is 53.0 Å². The molecule has 1 fully saturated rings. The number of ether oxygens (including phenoxy) is 6. The number of benzene rings is 2. The first kappa shape index (κ1) is 74.4. The van der Waals surface area contributed by atoms with Crippen LogP contribution in [0.2, 0.25) is 0 Å². The number of allylic oxidation sites excluding steroid dienone is 2. The highest BCUT2D eigenvalue weighted by atomic mass is 31.2. The minimum absolute atomic E-state index is 0.00393. The number of nitrogens with one attached hydrogen (secondary N) is 3. The number of aromatic nitrogens is 1. The van der Waals surface area contributed by atoms with E-state index in [1.165, 1.54) is 83.6 Å². The minimum Gasteiger partial charge on any atom is -0.507 e. The van der Waals surface area contributed by atoms with E-state index in [1.807, 2.05) is 4.90 Å². The van der Waals surface area contributed by atoms with Crippen LogP contribution >= 0.6 is 16.0 Å². The van der Waals surface area contributed by atoms with Crippen LogP contribution in [0.3, 0.4) is 0 Å². The van der Waals surface area contributed by atoms with Crippen molar-refractivity contribution in [1.82, 2.24) is 25.5 Å². The molecule has 4 aliphatic rings. The topological polar surface area (TPSA) is 442 Å². The van der Waals surface area contributed by atoms with Gasteiger partial charge in [0, 0.05) is 132 Å². The maximum absolute atomic E-state index is 14.7. The summed E-state index contributed by atoms with van der Waals surface area (Å²) in [5, 5.41) is 69.4. The lowest BCUT2D eigenvalue weighted by atomic mass is 9.78. The van der Waals surface area contributed by atoms with Crippen molar-refractivity contribution in [3.63, 3.8) is 0 Å². The average Bonchev–Trinajstić information content (AvgIpc) is 1.63. The number of hydrogen-bond donors (Lipinski definition) is 12. The molecule has 93 heavy (non-hydrogen) atoms. The summed E-state index contributed by atoms with van der Waals surface area (Å²) in [7, 11) is -7.66. The Bertz CT molecular complexity index is 3410. The SMILES string of the molecule is CO[C@H]1/C=C/O[C@@]2(C)Oc3c(C)c(O)c4c(O)c(c(/C=N/N5CCN(CCOC(=O)CCC(=O)NCCNC(=O)CCC(=O)OC(Cc6ccccn6)(P(O)O)P(=O)(O)O)CC5)c(O)c4c3C2=O)NC(=O)/C(C)=C\C=C\[C@H](C)[C@H](O)[C@@H](C)[C@@H](O)[C@@H](C)[C@H](OC(C)=O)[C@@H]1C. The molecule has 0 aliphatic carbocycles. The van der Waals surface area contributed by atoms with Crippen LogP contribution in [0.15, 0.2) is 65.6 Å². The van der Waals surface area contributed by atoms with Crippen LogP contribution in [0.4, 0.5) is 5.69 Å². The van der Waals surface area contributed by atoms with Crippen LogP contribution in [0.5, 0.6) is 23.0 Å². The number of methoxy groups -OCH3 is 1. The number of phenolic OH excluding ortho intramolecular Hbond substituents is 3. The van der Waals surface area contributed by atoms with E-state index in [0.717, 1.165) is 6.26 Å². The van der Waals surface area contributed by atoms with Gasteiger partial charge < -0.3 is 89.5 Å². The van der Waals surface area contributed by atoms with E-state index in [2.05, 4.69) is 26.0 Å². The highest BCUT2D eigenvalue weighted by molar-refractivity contribution is 7.69. The molecular weight excluding hydrogens is 1260 g/mol. The highest BCUT2D eigenvalue weighted by Gasteiger charge is 2.58. The number of hydrazone groups is 1. The quantitative estimate of drug-likeness (QED) is 0.0138. The number of aliphatic hydroxyl groups excluding tert-OH is 2. The van der Waals surface area contributed by atoms with Gasteiger partial charge in [-0.2, -0.15) is 5.10 Å². The Morgan fingerprint density at radius 1 is 0.882 bits per heavy atom. The Morgan fingerprint density at radius 2 is 1.53 bits per heavy atom. The Kier molecular flexibility index (Phi) is 26.0. The molecular formula is C61H83N7O23P2. The third-order valence-corrected chi connectivity index (χ3v) is 19.8.